The Morgan fingerprint density at radius 2 is 2.29 bits per heavy atom. The lowest BCUT2D eigenvalue weighted by molar-refractivity contribution is 0.283. The molecule has 0 bridgehead atoms. The molecule has 1 aromatic heterocycles. The Kier molecular flexibility index (Phi) is 2.94. The van der Waals surface area contributed by atoms with Gasteiger partial charge in [-0.05, 0) is 45.7 Å². The lowest BCUT2D eigenvalue weighted by atomic mass is 10.2. The van der Waals surface area contributed by atoms with Crippen LogP contribution in [0.5, 0.6) is 5.75 Å². The molecule has 0 atom stereocenters. The van der Waals surface area contributed by atoms with Gasteiger partial charge in [0.15, 0.2) is 0 Å². The summed E-state index contributed by atoms with van der Waals surface area (Å²) in [6.45, 7) is 0.0865. The molecule has 0 fully saturated rings. The minimum absolute atomic E-state index is 0.0865. The zero-order valence-electron chi connectivity index (χ0n) is 7.58. The Labute approximate surface area is 99.7 Å². The molecular formula is C10H9IO2S. The summed E-state index contributed by atoms with van der Waals surface area (Å²) < 4.78 is 7.54. The van der Waals surface area contributed by atoms with Crippen molar-refractivity contribution in [3.05, 3.63) is 26.6 Å². The van der Waals surface area contributed by atoms with Gasteiger partial charge in [0.05, 0.1) is 18.4 Å². The van der Waals surface area contributed by atoms with E-state index in [4.69, 9.17) is 4.74 Å². The summed E-state index contributed by atoms with van der Waals surface area (Å²) in [6.07, 6.45) is 0. The molecule has 2 rings (SSSR count). The van der Waals surface area contributed by atoms with Crippen LogP contribution in [0.2, 0.25) is 0 Å². The molecule has 4 heteroatoms. The minimum Gasteiger partial charge on any atom is -0.495 e. The Balaban J connectivity index is 2.80. The standard InChI is InChI=1S/C10H9IO2S/c1-13-8-3-2-7(11)9-6(4-12)5-14-10(8)9/h2-3,5,12H,4H2,1H3. The maximum Gasteiger partial charge on any atom is 0.136 e. The van der Waals surface area contributed by atoms with Gasteiger partial charge in [0.25, 0.3) is 0 Å². The molecule has 0 saturated heterocycles. The second kappa shape index (κ2) is 4.04. The van der Waals surface area contributed by atoms with Gasteiger partial charge in [-0.1, -0.05) is 0 Å². The number of halogens is 1. The van der Waals surface area contributed by atoms with Gasteiger partial charge in [0.2, 0.25) is 0 Å². The molecule has 2 nitrogen and oxygen atoms in total. The van der Waals surface area contributed by atoms with Crippen molar-refractivity contribution in [1.29, 1.82) is 0 Å². The van der Waals surface area contributed by atoms with Crippen LogP contribution >= 0.6 is 33.9 Å². The number of aliphatic hydroxyl groups excluding tert-OH is 1. The van der Waals surface area contributed by atoms with Crippen LogP contribution in [0.4, 0.5) is 0 Å². The van der Waals surface area contributed by atoms with Crippen molar-refractivity contribution in [3.8, 4) is 5.75 Å². The van der Waals surface area contributed by atoms with E-state index < -0.39 is 0 Å². The average molecular weight is 320 g/mol. The highest BCUT2D eigenvalue weighted by atomic mass is 127. The fraction of sp³-hybridized carbons (Fsp3) is 0.200. The lowest BCUT2D eigenvalue weighted by Gasteiger charge is -2.03. The van der Waals surface area contributed by atoms with Gasteiger partial charge < -0.3 is 9.84 Å². The number of benzene rings is 1. The van der Waals surface area contributed by atoms with Crippen LogP contribution in [-0.4, -0.2) is 12.2 Å². The van der Waals surface area contributed by atoms with E-state index in [9.17, 15) is 5.11 Å². The van der Waals surface area contributed by atoms with Gasteiger partial charge in [-0.3, -0.25) is 0 Å². The van der Waals surface area contributed by atoms with E-state index in [0.717, 1.165) is 25.0 Å². The summed E-state index contributed by atoms with van der Waals surface area (Å²) in [4.78, 5) is 0. The van der Waals surface area contributed by atoms with Crippen LogP contribution in [0.15, 0.2) is 17.5 Å². The molecule has 0 aliphatic rings. The minimum atomic E-state index is 0.0865. The summed E-state index contributed by atoms with van der Waals surface area (Å²) >= 11 is 3.89. The molecule has 14 heavy (non-hydrogen) atoms. The van der Waals surface area contributed by atoms with Crippen molar-refractivity contribution in [2.24, 2.45) is 0 Å². The maximum absolute atomic E-state index is 9.18. The normalized spacial score (nSPS) is 10.8. The van der Waals surface area contributed by atoms with Gasteiger partial charge in [-0.2, -0.15) is 0 Å². The predicted molar refractivity (Wildman–Crippen MR) is 67.0 cm³/mol. The molecule has 0 unspecified atom stereocenters. The smallest absolute Gasteiger partial charge is 0.136 e. The Morgan fingerprint density at radius 3 is 2.93 bits per heavy atom. The van der Waals surface area contributed by atoms with E-state index in [1.165, 1.54) is 0 Å². The van der Waals surface area contributed by atoms with E-state index in [2.05, 4.69) is 22.6 Å². The van der Waals surface area contributed by atoms with Crippen molar-refractivity contribution >= 4 is 44.0 Å². The van der Waals surface area contributed by atoms with E-state index in [1.807, 2.05) is 17.5 Å². The molecule has 1 aromatic carbocycles. The molecule has 0 aliphatic heterocycles. The Hall–Kier alpha value is -0.330. The number of methoxy groups -OCH3 is 1. The fourth-order valence-electron chi connectivity index (χ4n) is 1.42. The lowest BCUT2D eigenvalue weighted by Crippen LogP contribution is -1.86. The topological polar surface area (TPSA) is 29.5 Å². The first-order valence-electron chi connectivity index (χ1n) is 4.11. The highest BCUT2D eigenvalue weighted by Crippen LogP contribution is 2.36. The van der Waals surface area contributed by atoms with E-state index in [-0.39, 0.29) is 6.61 Å². The zero-order valence-corrected chi connectivity index (χ0v) is 10.6. The number of hydrogen-bond donors (Lipinski definition) is 1. The summed E-state index contributed by atoms with van der Waals surface area (Å²) in [6, 6.07) is 3.97. The van der Waals surface area contributed by atoms with Gasteiger partial charge in [-0.25, -0.2) is 0 Å². The zero-order chi connectivity index (χ0) is 10.1. The third kappa shape index (κ3) is 1.51. The third-order valence-corrected chi connectivity index (χ3v) is 4.04. The van der Waals surface area contributed by atoms with Crippen LogP contribution in [0.25, 0.3) is 10.1 Å². The first kappa shape index (κ1) is 10.2. The first-order valence-corrected chi connectivity index (χ1v) is 6.07. The quantitative estimate of drug-likeness (QED) is 0.862. The van der Waals surface area contributed by atoms with Crippen molar-refractivity contribution in [2.75, 3.05) is 7.11 Å². The van der Waals surface area contributed by atoms with Crippen LogP contribution in [0, 0.1) is 3.57 Å². The number of aliphatic hydroxyl groups is 1. The second-order valence-electron chi connectivity index (χ2n) is 2.87. The SMILES string of the molecule is COc1ccc(I)c2c(CO)csc12. The molecule has 1 heterocycles. The largest absolute Gasteiger partial charge is 0.495 e. The Bertz CT molecular complexity index is 464. The van der Waals surface area contributed by atoms with Crippen LogP contribution in [0.1, 0.15) is 5.56 Å². The molecule has 0 spiro atoms. The van der Waals surface area contributed by atoms with Gasteiger partial charge in [-0.15, -0.1) is 11.3 Å². The van der Waals surface area contributed by atoms with Crippen molar-refractivity contribution in [2.45, 2.75) is 6.61 Å². The van der Waals surface area contributed by atoms with E-state index in [0.29, 0.717) is 0 Å². The maximum atomic E-state index is 9.18. The molecule has 74 valence electrons. The second-order valence-corrected chi connectivity index (χ2v) is 4.91. The Morgan fingerprint density at radius 1 is 1.50 bits per heavy atom. The number of fused-ring (bicyclic) bond motifs is 1. The molecule has 2 aromatic rings. The summed E-state index contributed by atoms with van der Waals surface area (Å²) in [5.74, 6) is 0.880. The summed E-state index contributed by atoms with van der Waals surface area (Å²) in [5.41, 5.74) is 0.980. The number of hydrogen-bond acceptors (Lipinski definition) is 3. The van der Waals surface area contributed by atoms with Gasteiger partial charge in [0, 0.05) is 8.96 Å². The summed E-state index contributed by atoms with van der Waals surface area (Å²) in [5, 5.41) is 12.3. The van der Waals surface area contributed by atoms with Crippen molar-refractivity contribution < 1.29 is 9.84 Å². The molecule has 0 saturated carbocycles. The average Bonchev–Trinajstić information content (AvgIpc) is 2.63. The first-order chi connectivity index (χ1) is 6.77. The fourth-order valence-corrected chi connectivity index (χ4v) is 3.48. The highest BCUT2D eigenvalue weighted by molar-refractivity contribution is 14.1. The molecule has 0 radical (unpaired) electrons. The highest BCUT2D eigenvalue weighted by Gasteiger charge is 2.10. The van der Waals surface area contributed by atoms with Crippen molar-refractivity contribution in [1.82, 2.24) is 0 Å². The van der Waals surface area contributed by atoms with E-state index in [1.54, 1.807) is 18.4 Å². The van der Waals surface area contributed by atoms with Gasteiger partial charge in [0.1, 0.15) is 5.75 Å². The number of rotatable bonds is 2. The van der Waals surface area contributed by atoms with Gasteiger partial charge >= 0.3 is 0 Å². The molecular weight excluding hydrogens is 311 g/mol. The van der Waals surface area contributed by atoms with E-state index >= 15 is 0 Å². The van der Waals surface area contributed by atoms with Crippen LogP contribution < -0.4 is 4.74 Å². The summed E-state index contributed by atoms with van der Waals surface area (Å²) in [7, 11) is 1.67. The third-order valence-electron chi connectivity index (χ3n) is 2.10. The molecule has 0 amide bonds. The molecule has 0 aliphatic carbocycles. The van der Waals surface area contributed by atoms with Crippen molar-refractivity contribution in [3.63, 3.8) is 0 Å². The monoisotopic (exact) mass is 320 g/mol. The predicted octanol–water partition coefficient (Wildman–Crippen LogP) is 3.01. The van der Waals surface area contributed by atoms with Crippen LogP contribution in [0.3, 0.4) is 0 Å². The van der Waals surface area contributed by atoms with Crippen LogP contribution in [-0.2, 0) is 6.61 Å². The molecule has 1 N–H and O–H groups in total. The number of ether oxygens (including phenoxy) is 1. The number of thiophene rings is 1.